The quantitative estimate of drug-likeness (QED) is 0.878. The predicted molar refractivity (Wildman–Crippen MR) is 75.3 cm³/mol. The second kappa shape index (κ2) is 7.01. The summed E-state index contributed by atoms with van der Waals surface area (Å²) < 4.78 is 19.9. The van der Waals surface area contributed by atoms with E-state index in [1.54, 1.807) is 12.1 Å². The van der Waals surface area contributed by atoms with E-state index < -0.39 is 0 Å². The van der Waals surface area contributed by atoms with Gasteiger partial charge >= 0.3 is 0 Å². The lowest BCUT2D eigenvalue weighted by atomic mass is 9.85. The van der Waals surface area contributed by atoms with Crippen molar-refractivity contribution in [2.75, 3.05) is 6.54 Å². The summed E-state index contributed by atoms with van der Waals surface area (Å²) >= 11 is 0. The number of rotatable bonds is 5. The molecule has 0 spiro atoms. The first-order valence-corrected chi connectivity index (χ1v) is 7.34. The molecule has 1 saturated carbocycles. The van der Waals surface area contributed by atoms with Crippen LogP contribution in [0.15, 0.2) is 24.3 Å². The Labute approximate surface area is 115 Å². The van der Waals surface area contributed by atoms with E-state index in [2.05, 4.69) is 6.92 Å². The Morgan fingerprint density at radius 1 is 1.37 bits per heavy atom. The van der Waals surface area contributed by atoms with Crippen LogP contribution in [0.25, 0.3) is 0 Å². The Hall–Kier alpha value is -0.930. The van der Waals surface area contributed by atoms with Crippen molar-refractivity contribution >= 4 is 0 Å². The Bertz CT molecular complexity index is 396. The molecule has 0 amide bonds. The van der Waals surface area contributed by atoms with Crippen LogP contribution < -0.4 is 5.73 Å². The van der Waals surface area contributed by atoms with E-state index in [4.69, 9.17) is 10.5 Å². The number of benzene rings is 1. The van der Waals surface area contributed by atoms with Gasteiger partial charge in [-0.2, -0.15) is 0 Å². The highest BCUT2D eigenvalue weighted by Crippen LogP contribution is 2.32. The fraction of sp³-hybridized carbons (Fsp3) is 0.625. The second-order valence-electron chi connectivity index (χ2n) is 5.44. The number of ether oxygens (including phenoxy) is 1. The van der Waals surface area contributed by atoms with Crippen LogP contribution in [0.1, 0.15) is 50.7 Å². The summed E-state index contributed by atoms with van der Waals surface area (Å²) in [4.78, 5) is 0. The maximum atomic E-state index is 13.8. The molecule has 1 aromatic carbocycles. The molecular formula is C16H24FNO. The molecule has 0 heterocycles. The zero-order chi connectivity index (χ0) is 13.7. The summed E-state index contributed by atoms with van der Waals surface area (Å²) in [5.41, 5.74) is 6.35. The fourth-order valence-electron chi connectivity index (χ4n) is 2.96. The van der Waals surface area contributed by atoms with Crippen LogP contribution in [0, 0.1) is 11.7 Å². The average Bonchev–Trinajstić information content (AvgIpc) is 2.46. The van der Waals surface area contributed by atoms with Gasteiger partial charge in [0.25, 0.3) is 0 Å². The summed E-state index contributed by atoms with van der Waals surface area (Å²) in [6.07, 6.45) is 5.77. The smallest absolute Gasteiger partial charge is 0.129 e. The van der Waals surface area contributed by atoms with Crippen molar-refractivity contribution in [3.8, 4) is 0 Å². The van der Waals surface area contributed by atoms with Gasteiger partial charge in [-0.25, -0.2) is 4.39 Å². The third-order valence-corrected chi connectivity index (χ3v) is 4.13. The van der Waals surface area contributed by atoms with E-state index in [9.17, 15) is 4.39 Å². The summed E-state index contributed by atoms with van der Waals surface area (Å²) in [6, 6.07) is 6.77. The van der Waals surface area contributed by atoms with E-state index in [0.717, 1.165) is 18.8 Å². The number of hydrogen-bond acceptors (Lipinski definition) is 2. The van der Waals surface area contributed by atoms with Gasteiger partial charge in [-0.05, 0) is 24.8 Å². The maximum Gasteiger partial charge on any atom is 0.129 e. The number of halogens is 1. The van der Waals surface area contributed by atoms with Crippen LogP contribution in [0.2, 0.25) is 0 Å². The molecule has 2 nitrogen and oxygen atoms in total. The molecule has 19 heavy (non-hydrogen) atoms. The van der Waals surface area contributed by atoms with Crippen molar-refractivity contribution in [1.29, 1.82) is 0 Å². The minimum absolute atomic E-state index is 0.221. The first-order valence-electron chi connectivity index (χ1n) is 7.34. The molecule has 0 saturated heterocycles. The highest BCUT2D eigenvalue weighted by molar-refractivity contribution is 5.20. The molecule has 0 bridgehead atoms. The number of nitrogens with two attached hydrogens (primary N) is 1. The van der Waals surface area contributed by atoms with Gasteiger partial charge in [0.1, 0.15) is 5.82 Å². The lowest BCUT2D eigenvalue weighted by Gasteiger charge is -2.31. The Morgan fingerprint density at radius 2 is 2.16 bits per heavy atom. The van der Waals surface area contributed by atoms with E-state index in [1.807, 2.05) is 6.07 Å². The molecule has 3 unspecified atom stereocenters. The predicted octanol–water partition coefficient (Wildman–Crippen LogP) is 3.81. The second-order valence-corrected chi connectivity index (χ2v) is 5.44. The molecule has 1 aromatic rings. The van der Waals surface area contributed by atoms with Gasteiger partial charge in [0.2, 0.25) is 0 Å². The zero-order valence-corrected chi connectivity index (χ0v) is 11.6. The molecule has 2 N–H and O–H groups in total. The molecule has 1 aliphatic rings. The van der Waals surface area contributed by atoms with E-state index in [1.165, 1.54) is 25.3 Å². The van der Waals surface area contributed by atoms with Crippen molar-refractivity contribution in [2.24, 2.45) is 11.7 Å². The molecule has 1 fully saturated rings. The maximum absolute atomic E-state index is 13.8. The van der Waals surface area contributed by atoms with Crippen LogP contribution in [-0.2, 0) is 4.74 Å². The third-order valence-electron chi connectivity index (χ3n) is 4.13. The van der Waals surface area contributed by atoms with E-state index in [0.29, 0.717) is 12.1 Å². The minimum atomic E-state index is -0.318. The van der Waals surface area contributed by atoms with Crippen molar-refractivity contribution in [3.05, 3.63) is 35.6 Å². The van der Waals surface area contributed by atoms with Crippen LogP contribution in [0.3, 0.4) is 0 Å². The van der Waals surface area contributed by atoms with Gasteiger partial charge in [0, 0.05) is 12.1 Å². The SMILES string of the molecule is CCC1CCCC(OC(CN)c2ccccc2F)C1. The van der Waals surface area contributed by atoms with Gasteiger partial charge < -0.3 is 10.5 Å². The zero-order valence-electron chi connectivity index (χ0n) is 11.6. The largest absolute Gasteiger partial charge is 0.369 e. The summed E-state index contributed by atoms with van der Waals surface area (Å²) in [7, 11) is 0. The van der Waals surface area contributed by atoms with Crippen LogP contribution in [0.5, 0.6) is 0 Å². The van der Waals surface area contributed by atoms with Gasteiger partial charge in [-0.3, -0.25) is 0 Å². The lowest BCUT2D eigenvalue weighted by Crippen LogP contribution is -2.28. The molecule has 1 aliphatic carbocycles. The monoisotopic (exact) mass is 265 g/mol. The summed E-state index contributed by atoms with van der Waals surface area (Å²) in [5, 5.41) is 0. The molecule has 106 valence electrons. The van der Waals surface area contributed by atoms with Gasteiger partial charge in [-0.1, -0.05) is 44.4 Å². The highest BCUT2D eigenvalue weighted by atomic mass is 19.1. The summed E-state index contributed by atoms with van der Waals surface area (Å²) in [6.45, 7) is 2.55. The molecule has 0 radical (unpaired) electrons. The van der Waals surface area contributed by atoms with Gasteiger partial charge in [-0.15, -0.1) is 0 Å². The molecule has 3 atom stereocenters. The highest BCUT2D eigenvalue weighted by Gasteiger charge is 2.25. The topological polar surface area (TPSA) is 35.2 Å². The van der Waals surface area contributed by atoms with Crippen molar-refractivity contribution in [1.82, 2.24) is 0 Å². The van der Waals surface area contributed by atoms with Gasteiger partial charge in [0.15, 0.2) is 0 Å². The fourth-order valence-corrected chi connectivity index (χ4v) is 2.96. The van der Waals surface area contributed by atoms with E-state index in [-0.39, 0.29) is 18.0 Å². The molecular weight excluding hydrogens is 241 g/mol. The normalized spacial score (nSPS) is 25.2. The number of hydrogen-bond donors (Lipinski definition) is 1. The van der Waals surface area contributed by atoms with Crippen molar-refractivity contribution in [3.63, 3.8) is 0 Å². The average molecular weight is 265 g/mol. The lowest BCUT2D eigenvalue weighted by molar-refractivity contribution is -0.0394. The first kappa shape index (κ1) is 14.5. The molecule has 0 aliphatic heterocycles. The van der Waals surface area contributed by atoms with E-state index >= 15 is 0 Å². The Morgan fingerprint density at radius 3 is 2.84 bits per heavy atom. The standard InChI is InChI=1S/C16H24FNO/c1-2-12-6-5-7-13(10-12)19-16(11-18)14-8-3-4-9-15(14)17/h3-4,8-9,12-13,16H,2,5-7,10-11,18H2,1H3. The van der Waals surface area contributed by atoms with Gasteiger partial charge in [0.05, 0.1) is 12.2 Å². The summed E-state index contributed by atoms with van der Waals surface area (Å²) in [5.74, 6) is 0.526. The molecule has 2 rings (SSSR count). The van der Waals surface area contributed by atoms with Crippen LogP contribution in [0.4, 0.5) is 4.39 Å². The Kier molecular flexibility index (Phi) is 5.34. The Balaban J connectivity index is 2.01. The molecule has 0 aromatic heterocycles. The molecule has 3 heteroatoms. The van der Waals surface area contributed by atoms with Crippen molar-refractivity contribution < 1.29 is 9.13 Å². The van der Waals surface area contributed by atoms with Crippen LogP contribution >= 0.6 is 0 Å². The first-order chi connectivity index (χ1) is 9.24. The van der Waals surface area contributed by atoms with Crippen molar-refractivity contribution in [2.45, 2.75) is 51.2 Å². The third kappa shape index (κ3) is 3.77. The minimum Gasteiger partial charge on any atom is -0.369 e. The van der Waals surface area contributed by atoms with Crippen LogP contribution in [-0.4, -0.2) is 12.6 Å².